The largest absolute Gasteiger partial charge is 0.393 e. The van der Waals surface area contributed by atoms with E-state index in [-0.39, 0.29) is 0 Å². The molecule has 0 aliphatic heterocycles. The van der Waals surface area contributed by atoms with Crippen LogP contribution in [0.1, 0.15) is 0 Å². The van der Waals surface area contributed by atoms with Crippen molar-refractivity contribution in [2.75, 3.05) is 16.4 Å². The smallest absolute Gasteiger partial charge is 0.159 e. The highest BCUT2D eigenvalue weighted by Crippen LogP contribution is 2.31. The average Bonchev–Trinajstić information content (AvgIpc) is 2.66. The molecule has 0 spiro atoms. The topological polar surface area (TPSA) is 88.8 Å². The molecule has 2 aromatic carbocycles. The van der Waals surface area contributed by atoms with Crippen molar-refractivity contribution in [1.82, 2.24) is 15.0 Å². The maximum absolute atomic E-state index is 6.25. The number of fused-ring (bicyclic) bond motifs is 1. The van der Waals surface area contributed by atoms with Crippen LogP contribution >= 0.6 is 0 Å². The van der Waals surface area contributed by atoms with Gasteiger partial charge in [0.05, 0.1) is 11.9 Å². The molecular formula is C19H16N6. The monoisotopic (exact) mass is 328 g/mol. The Kier molecular flexibility index (Phi) is 3.84. The predicted molar refractivity (Wildman–Crippen MR) is 101 cm³/mol. The zero-order chi connectivity index (χ0) is 17.1. The van der Waals surface area contributed by atoms with E-state index in [2.05, 4.69) is 43.8 Å². The quantitative estimate of drug-likeness (QED) is 0.523. The first-order valence-corrected chi connectivity index (χ1v) is 7.83. The van der Waals surface area contributed by atoms with Gasteiger partial charge < -0.3 is 16.4 Å². The van der Waals surface area contributed by atoms with E-state index in [1.807, 2.05) is 36.4 Å². The number of nitrogens with zero attached hydrogens (tertiary/aromatic N) is 3. The molecule has 4 N–H and O–H groups in total. The number of hydrogen-bond donors (Lipinski definition) is 3. The third kappa shape index (κ3) is 3.05. The van der Waals surface area contributed by atoms with Crippen LogP contribution in [0.3, 0.4) is 0 Å². The maximum atomic E-state index is 6.25. The first kappa shape index (κ1) is 14.9. The fourth-order valence-corrected chi connectivity index (χ4v) is 2.63. The van der Waals surface area contributed by atoms with Crippen molar-refractivity contribution < 1.29 is 0 Å². The Morgan fingerprint density at radius 3 is 2.44 bits per heavy atom. The number of pyridine rings is 1. The lowest BCUT2D eigenvalue weighted by molar-refractivity contribution is 1.17. The molecule has 0 bridgehead atoms. The number of aromatic nitrogens is 3. The van der Waals surface area contributed by atoms with E-state index in [0.29, 0.717) is 17.3 Å². The fraction of sp³-hybridized carbons (Fsp3) is 0. The van der Waals surface area contributed by atoms with E-state index < -0.39 is 0 Å². The summed E-state index contributed by atoms with van der Waals surface area (Å²) in [5.41, 5.74) is 8.45. The second-order valence-corrected chi connectivity index (χ2v) is 5.50. The van der Waals surface area contributed by atoms with E-state index in [4.69, 9.17) is 5.73 Å². The highest BCUT2D eigenvalue weighted by molar-refractivity contribution is 5.96. The first-order valence-electron chi connectivity index (χ1n) is 7.83. The minimum Gasteiger partial charge on any atom is -0.393 e. The molecule has 6 heteroatoms. The standard InChI is InChI=1S/C19H16N6/c20-17-18(24-14-7-4-10-21-11-14)22-12-23-19(17)25-16-9-3-6-13-5-1-2-8-15(13)16/h1-12H,20H2,(H2,22,23,24,25). The van der Waals surface area contributed by atoms with Gasteiger partial charge in [-0.2, -0.15) is 0 Å². The molecule has 0 aliphatic rings. The Bertz CT molecular complexity index is 1010. The summed E-state index contributed by atoms with van der Waals surface area (Å²) in [4.78, 5) is 12.6. The van der Waals surface area contributed by atoms with Crippen molar-refractivity contribution in [2.45, 2.75) is 0 Å². The Morgan fingerprint density at radius 1 is 0.800 bits per heavy atom. The number of nitrogens with one attached hydrogen (secondary N) is 2. The van der Waals surface area contributed by atoms with E-state index in [9.17, 15) is 0 Å². The third-order valence-electron chi connectivity index (χ3n) is 3.85. The number of benzene rings is 2. The number of anilines is 5. The van der Waals surface area contributed by atoms with Crippen LogP contribution in [0.2, 0.25) is 0 Å². The summed E-state index contributed by atoms with van der Waals surface area (Å²) >= 11 is 0. The van der Waals surface area contributed by atoms with Crippen LogP contribution in [0.4, 0.5) is 28.7 Å². The highest BCUT2D eigenvalue weighted by atomic mass is 15.1. The predicted octanol–water partition coefficient (Wildman–Crippen LogP) is 4.09. The van der Waals surface area contributed by atoms with Gasteiger partial charge in [0.2, 0.25) is 0 Å². The lowest BCUT2D eigenvalue weighted by Gasteiger charge is -2.13. The van der Waals surface area contributed by atoms with Gasteiger partial charge in [-0.1, -0.05) is 36.4 Å². The van der Waals surface area contributed by atoms with Crippen LogP contribution in [-0.4, -0.2) is 15.0 Å². The van der Waals surface area contributed by atoms with Gasteiger partial charge in [-0.15, -0.1) is 0 Å². The Hall–Kier alpha value is -3.67. The number of nitrogens with two attached hydrogens (primary N) is 1. The van der Waals surface area contributed by atoms with Crippen LogP contribution < -0.4 is 16.4 Å². The Morgan fingerprint density at radius 2 is 1.60 bits per heavy atom. The SMILES string of the molecule is Nc1c(Nc2cccnc2)ncnc1Nc1cccc2ccccc12. The molecule has 2 aromatic heterocycles. The Balaban J connectivity index is 1.68. The highest BCUT2D eigenvalue weighted by Gasteiger charge is 2.10. The van der Waals surface area contributed by atoms with Gasteiger partial charge in [-0.3, -0.25) is 4.98 Å². The number of hydrogen-bond acceptors (Lipinski definition) is 6. The summed E-state index contributed by atoms with van der Waals surface area (Å²) in [7, 11) is 0. The van der Waals surface area contributed by atoms with Crippen LogP contribution in [0.15, 0.2) is 73.3 Å². The molecule has 0 unspecified atom stereocenters. The minimum absolute atomic E-state index is 0.444. The minimum atomic E-state index is 0.444. The normalized spacial score (nSPS) is 10.6. The van der Waals surface area contributed by atoms with Gasteiger partial charge in [-0.05, 0) is 23.6 Å². The van der Waals surface area contributed by atoms with Crippen molar-refractivity contribution in [3.8, 4) is 0 Å². The van der Waals surface area contributed by atoms with E-state index in [1.54, 1.807) is 12.4 Å². The van der Waals surface area contributed by atoms with Gasteiger partial charge in [-0.25, -0.2) is 9.97 Å². The molecule has 0 saturated heterocycles. The first-order chi connectivity index (χ1) is 12.3. The van der Waals surface area contributed by atoms with Gasteiger partial charge >= 0.3 is 0 Å². The lowest BCUT2D eigenvalue weighted by Crippen LogP contribution is -2.05. The summed E-state index contributed by atoms with van der Waals surface area (Å²) in [6.45, 7) is 0. The Labute approximate surface area is 144 Å². The van der Waals surface area contributed by atoms with E-state index >= 15 is 0 Å². The van der Waals surface area contributed by atoms with Crippen molar-refractivity contribution in [2.24, 2.45) is 0 Å². The molecule has 0 aliphatic carbocycles. The molecule has 25 heavy (non-hydrogen) atoms. The molecule has 122 valence electrons. The summed E-state index contributed by atoms with van der Waals surface area (Å²) in [6.07, 6.45) is 4.89. The molecule has 2 heterocycles. The van der Waals surface area contributed by atoms with Crippen molar-refractivity contribution in [3.05, 3.63) is 73.3 Å². The van der Waals surface area contributed by atoms with Gasteiger partial charge in [0.15, 0.2) is 11.6 Å². The fourth-order valence-electron chi connectivity index (χ4n) is 2.63. The second-order valence-electron chi connectivity index (χ2n) is 5.50. The lowest BCUT2D eigenvalue weighted by atomic mass is 10.1. The van der Waals surface area contributed by atoms with Crippen LogP contribution in [0.5, 0.6) is 0 Å². The second kappa shape index (κ2) is 6.45. The molecule has 0 radical (unpaired) electrons. The summed E-state index contributed by atoms with van der Waals surface area (Å²) in [6, 6.07) is 18.0. The van der Waals surface area contributed by atoms with Gasteiger partial charge in [0.25, 0.3) is 0 Å². The van der Waals surface area contributed by atoms with E-state index in [0.717, 1.165) is 22.1 Å². The van der Waals surface area contributed by atoms with Crippen molar-refractivity contribution >= 4 is 39.5 Å². The molecule has 0 saturated carbocycles. The van der Waals surface area contributed by atoms with Crippen molar-refractivity contribution in [3.63, 3.8) is 0 Å². The van der Waals surface area contributed by atoms with Gasteiger partial charge in [0.1, 0.15) is 12.0 Å². The molecule has 6 nitrogen and oxygen atoms in total. The zero-order valence-electron chi connectivity index (χ0n) is 13.3. The van der Waals surface area contributed by atoms with Gasteiger partial charge in [0, 0.05) is 17.3 Å². The van der Waals surface area contributed by atoms with Crippen LogP contribution in [-0.2, 0) is 0 Å². The molecule has 0 amide bonds. The summed E-state index contributed by atoms with van der Waals surface area (Å²) in [5, 5.41) is 8.72. The molecule has 4 rings (SSSR count). The molecular weight excluding hydrogens is 312 g/mol. The number of nitrogen functional groups attached to an aromatic ring is 1. The third-order valence-corrected chi connectivity index (χ3v) is 3.85. The summed E-state index contributed by atoms with van der Waals surface area (Å²) in [5.74, 6) is 1.09. The molecule has 0 fully saturated rings. The van der Waals surface area contributed by atoms with Crippen LogP contribution in [0.25, 0.3) is 10.8 Å². The maximum Gasteiger partial charge on any atom is 0.159 e. The molecule has 4 aromatic rings. The average molecular weight is 328 g/mol. The van der Waals surface area contributed by atoms with Crippen LogP contribution in [0, 0.1) is 0 Å². The van der Waals surface area contributed by atoms with E-state index in [1.165, 1.54) is 6.33 Å². The summed E-state index contributed by atoms with van der Waals surface area (Å²) < 4.78 is 0. The zero-order valence-corrected chi connectivity index (χ0v) is 13.3. The molecule has 0 atom stereocenters. The van der Waals surface area contributed by atoms with Crippen molar-refractivity contribution in [1.29, 1.82) is 0 Å². The number of rotatable bonds is 4.